The number of aliphatic hydroxyl groups excluding tert-OH is 1. The Hall–Kier alpha value is -1.84. The van der Waals surface area contributed by atoms with Crippen LogP contribution in [-0.4, -0.2) is 48.1 Å². The van der Waals surface area contributed by atoms with Gasteiger partial charge in [0.15, 0.2) is 0 Å². The summed E-state index contributed by atoms with van der Waals surface area (Å²) in [6, 6.07) is 1.69. The van der Waals surface area contributed by atoms with Gasteiger partial charge in [-0.25, -0.2) is 0 Å². The van der Waals surface area contributed by atoms with Crippen molar-refractivity contribution in [1.29, 1.82) is 0 Å². The molecule has 1 aromatic heterocycles. The van der Waals surface area contributed by atoms with Crippen molar-refractivity contribution in [1.82, 2.24) is 10.2 Å². The van der Waals surface area contributed by atoms with E-state index in [-0.39, 0.29) is 25.0 Å². The zero-order valence-corrected chi connectivity index (χ0v) is 13.1. The van der Waals surface area contributed by atoms with Crippen LogP contribution in [-0.2, 0) is 4.79 Å². The minimum atomic E-state index is -0.276. The summed E-state index contributed by atoms with van der Waals surface area (Å²) in [5, 5.41) is 13.0. The van der Waals surface area contributed by atoms with Crippen LogP contribution in [0.25, 0.3) is 0 Å². The van der Waals surface area contributed by atoms with E-state index in [4.69, 9.17) is 5.11 Å². The number of carbonyl (C=O) groups excluding carboxylic acids is 2. The molecule has 0 unspecified atom stereocenters. The Morgan fingerprint density at radius 2 is 2.10 bits per heavy atom. The minimum Gasteiger partial charge on any atom is -0.395 e. The van der Waals surface area contributed by atoms with Crippen molar-refractivity contribution in [3.05, 3.63) is 21.9 Å². The Morgan fingerprint density at radius 1 is 1.38 bits per heavy atom. The van der Waals surface area contributed by atoms with Gasteiger partial charge < -0.3 is 15.3 Å². The average molecular weight is 308 g/mol. The van der Waals surface area contributed by atoms with Gasteiger partial charge >= 0.3 is 0 Å². The third-order valence-corrected chi connectivity index (χ3v) is 3.67. The molecular weight excluding hydrogens is 288 g/mol. The second-order valence-corrected chi connectivity index (χ2v) is 5.13. The Morgan fingerprint density at radius 3 is 2.71 bits per heavy atom. The molecule has 0 bridgehead atoms. The molecule has 0 saturated carbocycles. The van der Waals surface area contributed by atoms with E-state index in [2.05, 4.69) is 17.2 Å². The van der Waals surface area contributed by atoms with Crippen molar-refractivity contribution in [3.63, 3.8) is 0 Å². The maximum atomic E-state index is 11.9. The molecule has 6 heteroatoms. The largest absolute Gasteiger partial charge is 0.395 e. The van der Waals surface area contributed by atoms with E-state index < -0.39 is 0 Å². The van der Waals surface area contributed by atoms with Crippen molar-refractivity contribution < 1.29 is 14.7 Å². The number of thiophene rings is 1. The summed E-state index contributed by atoms with van der Waals surface area (Å²) in [6.45, 7) is 5.10. The lowest BCUT2D eigenvalue weighted by atomic mass is 10.3. The van der Waals surface area contributed by atoms with Crippen LogP contribution in [0.3, 0.4) is 0 Å². The highest BCUT2D eigenvalue weighted by atomic mass is 32.1. The van der Waals surface area contributed by atoms with E-state index >= 15 is 0 Å². The number of carbonyl (C=O) groups is 2. The second-order valence-electron chi connectivity index (χ2n) is 4.22. The van der Waals surface area contributed by atoms with Gasteiger partial charge in [-0.2, -0.15) is 0 Å². The summed E-state index contributed by atoms with van der Waals surface area (Å²) in [6.07, 6.45) is 0.414. The molecule has 5 nitrogen and oxygen atoms in total. The molecule has 0 aromatic carbocycles. The van der Waals surface area contributed by atoms with Crippen molar-refractivity contribution in [2.75, 3.05) is 26.2 Å². The summed E-state index contributed by atoms with van der Waals surface area (Å²) in [7, 11) is 0. The molecule has 0 aliphatic heterocycles. The van der Waals surface area contributed by atoms with Crippen LogP contribution < -0.4 is 5.32 Å². The highest BCUT2D eigenvalue weighted by Crippen LogP contribution is 2.13. The quantitative estimate of drug-likeness (QED) is 0.773. The normalized spacial score (nSPS) is 9.67. The second kappa shape index (κ2) is 9.16. The molecule has 2 amide bonds. The highest BCUT2D eigenvalue weighted by molar-refractivity contribution is 7.10. The number of nitrogens with one attached hydrogen (secondary N) is 1. The molecule has 1 aromatic rings. The van der Waals surface area contributed by atoms with Gasteiger partial charge in [0.1, 0.15) is 0 Å². The van der Waals surface area contributed by atoms with Gasteiger partial charge in [0.2, 0.25) is 5.91 Å². The van der Waals surface area contributed by atoms with Crippen LogP contribution in [0.2, 0.25) is 0 Å². The van der Waals surface area contributed by atoms with Gasteiger partial charge in [-0.15, -0.1) is 11.3 Å². The average Bonchev–Trinajstić information content (AvgIpc) is 2.95. The SMILES string of the molecule is CCN(CC)C(=O)CNC(=O)c1csc(C#CCCO)c1. The molecule has 114 valence electrons. The monoisotopic (exact) mass is 308 g/mol. The number of aliphatic hydroxyl groups is 1. The van der Waals surface area contributed by atoms with Gasteiger partial charge in [0, 0.05) is 24.9 Å². The van der Waals surface area contributed by atoms with Gasteiger partial charge in [-0.1, -0.05) is 11.8 Å². The fourth-order valence-electron chi connectivity index (χ4n) is 1.67. The first-order chi connectivity index (χ1) is 10.1. The lowest BCUT2D eigenvalue weighted by molar-refractivity contribution is -0.129. The summed E-state index contributed by atoms with van der Waals surface area (Å²) in [4.78, 5) is 26.2. The molecule has 21 heavy (non-hydrogen) atoms. The molecule has 1 rings (SSSR count). The smallest absolute Gasteiger partial charge is 0.252 e. The number of hydrogen-bond acceptors (Lipinski definition) is 4. The molecule has 1 heterocycles. The fraction of sp³-hybridized carbons (Fsp3) is 0.467. The van der Waals surface area contributed by atoms with Crippen molar-refractivity contribution >= 4 is 23.2 Å². The molecule has 0 atom stereocenters. The lowest BCUT2D eigenvalue weighted by Crippen LogP contribution is -2.39. The third kappa shape index (κ3) is 5.58. The number of nitrogens with zero attached hydrogens (tertiary/aromatic N) is 1. The van der Waals surface area contributed by atoms with Crippen LogP contribution in [0, 0.1) is 11.8 Å². The van der Waals surface area contributed by atoms with Gasteiger partial charge in [0.25, 0.3) is 5.91 Å². The number of rotatable bonds is 6. The molecule has 0 aliphatic carbocycles. The maximum Gasteiger partial charge on any atom is 0.252 e. The molecule has 0 fully saturated rings. The van der Waals surface area contributed by atoms with E-state index in [1.54, 1.807) is 16.3 Å². The Bertz CT molecular complexity index is 539. The van der Waals surface area contributed by atoms with E-state index in [9.17, 15) is 9.59 Å². The van der Waals surface area contributed by atoms with E-state index in [0.29, 0.717) is 25.1 Å². The van der Waals surface area contributed by atoms with Gasteiger partial charge in [-0.3, -0.25) is 9.59 Å². The van der Waals surface area contributed by atoms with E-state index in [1.807, 2.05) is 13.8 Å². The van der Waals surface area contributed by atoms with Gasteiger partial charge in [-0.05, 0) is 19.9 Å². The fourth-order valence-corrected chi connectivity index (χ4v) is 2.43. The lowest BCUT2D eigenvalue weighted by Gasteiger charge is -2.18. The Labute approximate surface area is 129 Å². The van der Waals surface area contributed by atoms with Crippen LogP contribution in [0.4, 0.5) is 0 Å². The predicted molar refractivity (Wildman–Crippen MR) is 83.2 cm³/mol. The zero-order chi connectivity index (χ0) is 15.7. The Kier molecular flexibility index (Phi) is 7.51. The first-order valence-electron chi connectivity index (χ1n) is 6.86. The topological polar surface area (TPSA) is 69.6 Å². The molecular formula is C15H20N2O3S. The zero-order valence-electron chi connectivity index (χ0n) is 12.3. The first kappa shape index (κ1) is 17.2. The third-order valence-electron chi connectivity index (χ3n) is 2.83. The van der Waals surface area contributed by atoms with Crippen LogP contribution >= 0.6 is 11.3 Å². The minimum absolute atomic E-state index is 0.00187. The molecule has 0 saturated heterocycles. The summed E-state index contributed by atoms with van der Waals surface area (Å²) in [5.41, 5.74) is 0.501. The predicted octanol–water partition coefficient (Wildman–Crippen LogP) is 1.08. The highest BCUT2D eigenvalue weighted by Gasteiger charge is 2.13. The van der Waals surface area contributed by atoms with Crippen LogP contribution in [0.15, 0.2) is 11.4 Å². The van der Waals surface area contributed by atoms with Crippen molar-refractivity contribution in [3.8, 4) is 11.8 Å². The van der Waals surface area contributed by atoms with Crippen LogP contribution in [0.5, 0.6) is 0 Å². The van der Waals surface area contributed by atoms with Crippen LogP contribution in [0.1, 0.15) is 35.5 Å². The molecule has 0 aliphatic rings. The van der Waals surface area contributed by atoms with Crippen molar-refractivity contribution in [2.45, 2.75) is 20.3 Å². The molecule has 0 spiro atoms. The maximum absolute atomic E-state index is 11.9. The van der Waals surface area contributed by atoms with Gasteiger partial charge in [0.05, 0.1) is 23.6 Å². The summed E-state index contributed by atoms with van der Waals surface area (Å²) in [5.74, 6) is 5.31. The molecule has 2 N–H and O–H groups in total. The first-order valence-corrected chi connectivity index (χ1v) is 7.74. The summed E-state index contributed by atoms with van der Waals surface area (Å²) >= 11 is 1.37. The standard InChI is InChI=1S/C15H20N2O3S/c1-3-17(4-2)14(19)10-16-15(20)12-9-13(21-11-12)7-5-6-8-18/h9,11,18H,3-4,6,8,10H2,1-2H3,(H,16,20). The number of amides is 2. The number of likely N-dealkylation sites (N-methyl/N-ethyl adjacent to an activating group) is 1. The number of hydrogen-bond donors (Lipinski definition) is 2. The van der Waals surface area contributed by atoms with Crippen molar-refractivity contribution in [2.24, 2.45) is 0 Å². The van der Waals surface area contributed by atoms with E-state index in [1.165, 1.54) is 11.3 Å². The van der Waals surface area contributed by atoms with E-state index in [0.717, 1.165) is 4.88 Å². The summed E-state index contributed by atoms with van der Waals surface area (Å²) < 4.78 is 0. The Balaban J connectivity index is 2.53. The molecule has 0 radical (unpaired) electrons.